The highest BCUT2D eigenvalue weighted by Crippen LogP contribution is 2.04. The Labute approximate surface area is 113 Å². The minimum atomic E-state index is -0.192. The molecule has 0 aromatic heterocycles. The van der Waals surface area contributed by atoms with E-state index in [4.69, 9.17) is 0 Å². The van der Waals surface area contributed by atoms with Gasteiger partial charge < -0.3 is 0 Å². The van der Waals surface area contributed by atoms with E-state index >= 15 is 0 Å². The van der Waals surface area contributed by atoms with Crippen LogP contribution in [0.5, 0.6) is 0 Å². The van der Waals surface area contributed by atoms with E-state index in [1.165, 1.54) is 0 Å². The summed E-state index contributed by atoms with van der Waals surface area (Å²) in [5.41, 5.74) is 5.10. The molecule has 0 aliphatic rings. The minimum absolute atomic E-state index is 0.192. The van der Waals surface area contributed by atoms with Crippen LogP contribution in [0, 0.1) is 0 Å². The van der Waals surface area contributed by atoms with Crippen LogP contribution < -0.4 is 5.43 Å². The Morgan fingerprint density at radius 2 is 1.47 bits per heavy atom. The van der Waals surface area contributed by atoms with Gasteiger partial charge in [0.05, 0.1) is 5.71 Å². The van der Waals surface area contributed by atoms with Gasteiger partial charge >= 0.3 is 0 Å². The molecule has 0 saturated heterocycles. The Morgan fingerprint density at radius 3 is 2.00 bits per heavy atom. The van der Waals surface area contributed by atoms with Gasteiger partial charge in [0.1, 0.15) is 0 Å². The maximum Gasteiger partial charge on any atom is 0.271 e. The third kappa shape index (κ3) is 3.52. The van der Waals surface area contributed by atoms with Crippen LogP contribution in [-0.4, -0.2) is 11.6 Å². The predicted octanol–water partition coefficient (Wildman–Crippen LogP) is 3.23. The van der Waals surface area contributed by atoms with Gasteiger partial charge in [-0.1, -0.05) is 55.5 Å². The van der Waals surface area contributed by atoms with Gasteiger partial charge in [0, 0.05) is 5.56 Å². The summed E-state index contributed by atoms with van der Waals surface area (Å²) in [4.78, 5) is 11.9. The van der Waals surface area contributed by atoms with E-state index in [-0.39, 0.29) is 5.91 Å². The molecule has 0 aliphatic heterocycles. The van der Waals surface area contributed by atoms with E-state index in [9.17, 15) is 4.79 Å². The minimum Gasteiger partial charge on any atom is -0.267 e. The molecule has 2 aromatic carbocycles. The predicted molar refractivity (Wildman–Crippen MR) is 77.2 cm³/mol. The number of hydrogen-bond acceptors (Lipinski definition) is 2. The quantitative estimate of drug-likeness (QED) is 0.658. The number of benzene rings is 2. The van der Waals surface area contributed by atoms with Crippen LogP contribution in [0.4, 0.5) is 0 Å². The number of hydrogen-bond donors (Lipinski definition) is 1. The molecule has 0 spiro atoms. The van der Waals surface area contributed by atoms with Gasteiger partial charge in [-0.15, -0.1) is 0 Å². The molecule has 2 aromatic rings. The fourth-order valence-electron chi connectivity index (χ4n) is 1.75. The average molecular weight is 252 g/mol. The number of rotatable bonds is 4. The number of carbonyl (C=O) groups excluding carboxylic acids is 1. The van der Waals surface area contributed by atoms with Crippen LogP contribution in [0.3, 0.4) is 0 Å². The Bertz CT molecular complexity index is 562. The number of carbonyl (C=O) groups is 1. The summed E-state index contributed by atoms with van der Waals surface area (Å²) >= 11 is 0. The first-order valence-corrected chi connectivity index (χ1v) is 6.28. The van der Waals surface area contributed by atoms with Gasteiger partial charge in [0.25, 0.3) is 5.91 Å². The van der Waals surface area contributed by atoms with E-state index in [1.54, 1.807) is 12.1 Å². The zero-order valence-corrected chi connectivity index (χ0v) is 10.8. The van der Waals surface area contributed by atoms with E-state index in [2.05, 4.69) is 10.5 Å². The second-order valence-electron chi connectivity index (χ2n) is 4.09. The van der Waals surface area contributed by atoms with Gasteiger partial charge in [-0.2, -0.15) is 5.10 Å². The lowest BCUT2D eigenvalue weighted by Gasteiger charge is -2.05. The lowest BCUT2D eigenvalue weighted by atomic mass is 10.1. The Hall–Kier alpha value is -2.42. The molecule has 1 amide bonds. The second kappa shape index (κ2) is 6.50. The fourth-order valence-corrected chi connectivity index (χ4v) is 1.75. The lowest BCUT2D eigenvalue weighted by molar-refractivity contribution is 0.0955. The van der Waals surface area contributed by atoms with Crippen molar-refractivity contribution in [1.29, 1.82) is 0 Å². The van der Waals surface area contributed by atoms with E-state index < -0.39 is 0 Å². The maximum atomic E-state index is 11.9. The molecule has 96 valence electrons. The smallest absolute Gasteiger partial charge is 0.267 e. The summed E-state index contributed by atoms with van der Waals surface area (Å²) in [5, 5.41) is 4.21. The zero-order valence-electron chi connectivity index (χ0n) is 10.8. The Kier molecular flexibility index (Phi) is 4.45. The first-order valence-electron chi connectivity index (χ1n) is 6.28. The standard InChI is InChI=1S/C16H16N2O/c1-2-15(13-9-5-3-6-10-13)17-18-16(19)14-11-7-4-8-12-14/h3-12H,2H2,1H3,(H,18,19)/b17-15-. The number of nitrogens with one attached hydrogen (secondary N) is 1. The van der Waals surface area contributed by atoms with Crippen LogP contribution in [-0.2, 0) is 0 Å². The third-order valence-corrected chi connectivity index (χ3v) is 2.77. The highest BCUT2D eigenvalue weighted by molar-refractivity contribution is 6.02. The topological polar surface area (TPSA) is 41.5 Å². The Balaban J connectivity index is 2.11. The van der Waals surface area contributed by atoms with Gasteiger partial charge in [-0.3, -0.25) is 4.79 Å². The van der Waals surface area contributed by atoms with Crippen LogP contribution in [0.2, 0.25) is 0 Å². The molecule has 2 rings (SSSR count). The highest BCUT2D eigenvalue weighted by atomic mass is 16.2. The van der Waals surface area contributed by atoms with Crippen LogP contribution in [0.15, 0.2) is 65.8 Å². The van der Waals surface area contributed by atoms with Gasteiger partial charge in [0.15, 0.2) is 0 Å². The van der Waals surface area contributed by atoms with Crippen LogP contribution in [0.25, 0.3) is 0 Å². The maximum absolute atomic E-state index is 11.9. The summed E-state index contributed by atoms with van der Waals surface area (Å²) < 4.78 is 0. The van der Waals surface area contributed by atoms with Crippen molar-refractivity contribution < 1.29 is 4.79 Å². The van der Waals surface area contributed by atoms with Crippen molar-refractivity contribution in [3.63, 3.8) is 0 Å². The molecule has 0 radical (unpaired) electrons. The largest absolute Gasteiger partial charge is 0.271 e. The van der Waals surface area contributed by atoms with E-state index in [0.29, 0.717) is 5.56 Å². The molecule has 0 fully saturated rings. The average Bonchev–Trinajstić information content (AvgIpc) is 2.49. The molecular weight excluding hydrogens is 236 g/mol. The fraction of sp³-hybridized carbons (Fsp3) is 0.125. The van der Waals surface area contributed by atoms with Crippen molar-refractivity contribution in [3.05, 3.63) is 71.8 Å². The molecule has 3 heteroatoms. The first-order chi connectivity index (χ1) is 9.31. The zero-order chi connectivity index (χ0) is 13.5. The Morgan fingerprint density at radius 1 is 0.947 bits per heavy atom. The van der Waals surface area contributed by atoms with Crippen LogP contribution >= 0.6 is 0 Å². The molecule has 0 bridgehead atoms. The molecule has 0 saturated carbocycles. The first kappa shape index (κ1) is 13.0. The molecule has 0 atom stereocenters. The second-order valence-corrected chi connectivity index (χ2v) is 4.09. The molecule has 0 heterocycles. The van der Waals surface area contributed by atoms with Crippen molar-refractivity contribution in [2.24, 2.45) is 5.10 Å². The monoisotopic (exact) mass is 252 g/mol. The molecule has 3 nitrogen and oxygen atoms in total. The van der Waals surface area contributed by atoms with Crippen molar-refractivity contribution in [2.45, 2.75) is 13.3 Å². The molecular formula is C16H16N2O. The van der Waals surface area contributed by atoms with Crippen molar-refractivity contribution in [1.82, 2.24) is 5.43 Å². The van der Waals surface area contributed by atoms with Crippen molar-refractivity contribution in [3.8, 4) is 0 Å². The lowest BCUT2D eigenvalue weighted by Crippen LogP contribution is -2.19. The van der Waals surface area contributed by atoms with E-state index in [0.717, 1.165) is 17.7 Å². The van der Waals surface area contributed by atoms with E-state index in [1.807, 2.05) is 55.5 Å². The molecule has 19 heavy (non-hydrogen) atoms. The van der Waals surface area contributed by atoms with Crippen molar-refractivity contribution >= 4 is 11.6 Å². The summed E-state index contributed by atoms with van der Waals surface area (Å²) in [6, 6.07) is 18.9. The summed E-state index contributed by atoms with van der Waals surface area (Å²) in [7, 11) is 0. The molecule has 1 N–H and O–H groups in total. The molecule has 0 aliphatic carbocycles. The summed E-state index contributed by atoms with van der Waals surface area (Å²) in [5.74, 6) is -0.192. The summed E-state index contributed by atoms with van der Waals surface area (Å²) in [6.45, 7) is 2.01. The number of nitrogens with zero attached hydrogens (tertiary/aromatic N) is 1. The normalized spacial score (nSPS) is 11.1. The van der Waals surface area contributed by atoms with Gasteiger partial charge in [0.2, 0.25) is 0 Å². The number of amides is 1. The third-order valence-electron chi connectivity index (χ3n) is 2.77. The van der Waals surface area contributed by atoms with Crippen molar-refractivity contribution in [2.75, 3.05) is 0 Å². The van der Waals surface area contributed by atoms with Crippen LogP contribution in [0.1, 0.15) is 29.3 Å². The molecule has 0 unspecified atom stereocenters. The highest BCUT2D eigenvalue weighted by Gasteiger charge is 2.04. The SMILES string of the molecule is CC/C(=N/NC(=O)c1ccccc1)c1ccccc1. The van der Waals surface area contributed by atoms with Gasteiger partial charge in [-0.25, -0.2) is 5.43 Å². The summed E-state index contributed by atoms with van der Waals surface area (Å²) in [6.07, 6.45) is 0.763. The number of hydrazone groups is 1. The van der Waals surface area contributed by atoms with Gasteiger partial charge in [-0.05, 0) is 24.1 Å².